The summed E-state index contributed by atoms with van der Waals surface area (Å²) < 4.78 is 1.99. The van der Waals surface area contributed by atoms with E-state index in [0.29, 0.717) is 0 Å². The summed E-state index contributed by atoms with van der Waals surface area (Å²) in [5.74, 6) is 0. The highest BCUT2D eigenvalue weighted by molar-refractivity contribution is 9.10. The molecule has 0 fully saturated rings. The Hall–Kier alpha value is -1.13. The molecule has 92 valence electrons. The molecule has 0 spiro atoms. The lowest BCUT2D eigenvalue weighted by Gasteiger charge is -2.17. The molecule has 1 amide bonds. The van der Waals surface area contributed by atoms with Gasteiger partial charge in [-0.2, -0.15) is 0 Å². The van der Waals surface area contributed by atoms with Crippen LogP contribution in [-0.4, -0.2) is 6.41 Å². The van der Waals surface area contributed by atoms with Crippen LogP contribution in [0.4, 0.5) is 0 Å². The minimum absolute atomic E-state index is 0.141. The van der Waals surface area contributed by atoms with E-state index in [0.717, 1.165) is 26.5 Å². The number of hydrogen-bond acceptors (Lipinski definition) is 1. The second-order valence-electron chi connectivity index (χ2n) is 3.83. The van der Waals surface area contributed by atoms with Crippen molar-refractivity contribution >= 4 is 38.3 Å². The van der Waals surface area contributed by atoms with Crippen LogP contribution >= 0.6 is 31.9 Å². The lowest BCUT2D eigenvalue weighted by molar-refractivity contribution is -0.110. The van der Waals surface area contributed by atoms with Crippen LogP contribution in [0.25, 0.3) is 0 Å². The number of benzene rings is 2. The molecule has 2 aromatic rings. The molecule has 2 rings (SSSR count). The number of rotatable bonds is 4. The summed E-state index contributed by atoms with van der Waals surface area (Å²) in [7, 11) is 0. The Morgan fingerprint density at radius 3 is 1.83 bits per heavy atom. The van der Waals surface area contributed by atoms with Gasteiger partial charge in [-0.15, -0.1) is 0 Å². The van der Waals surface area contributed by atoms with Crippen molar-refractivity contribution in [3.8, 4) is 0 Å². The van der Waals surface area contributed by atoms with Gasteiger partial charge in [0, 0.05) is 8.95 Å². The normalized spacial score (nSPS) is 10.4. The number of carbonyl (C=O) groups is 1. The second kappa shape index (κ2) is 6.16. The predicted molar refractivity (Wildman–Crippen MR) is 79.3 cm³/mol. The third-order valence-corrected chi connectivity index (χ3v) is 3.59. The van der Waals surface area contributed by atoms with Gasteiger partial charge in [-0.05, 0) is 35.4 Å². The fourth-order valence-electron chi connectivity index (χ4n) is 1.83. The van der Waals surface area contributed by atoms with Crippen molar-refractivity contribution in [1.29, 1.82) is 0 Å². The first-order chi connectivity index (χ1) is 8.70. The number of carbonyl (C=O) groups excluding carboxylic acids is 1. The van der Waals surface area contributed by atoms with Gasteiger partial charge in [-0.1, -0.05) is 56.1 Å². The second-order valence-corrected chi connectivity index (χ2v) is 5.66. The molecule has 2 nitrogen and oxygen atoms in total. The summed E-state index contributed by atoms with van der Waals surface area (Å²) >= 11 is 6.89. The molecule has 1 N–H and O–H groups in total. The maximum absolute atomic E-state index is 10.8. The van der Waals surface area contributed by atoms with Gasteiger partial charge in [-0.3, -0.25) is 4.79 Å². The monoisotopic (exact) mass is 367 g/mol. The van der Waals surface area contributed by atoms with Crippen molar-refractivity contribution in [3.05, 3.63) is 68.6 Å². The minimum Gasteiger partial charge on any atom is -0.348 e. The molecule has 2 aromatic carbocycles. The molecule has 0 unspecified atom stereocenters. The first-order valence-corrected chi connectivity index (χ1v) is 7.00. The largest absolute Gasteiger partial charge is 0.348 e. The first-order valence-electron chi connectivity index (χ1n) is 5.41. The fraction of sp³-hybridized carbons (Fsp3) is 0.0714. The van der Waals surface area contributed by atoms with Crippen LogP contribution in [0.3, 0.4) is 0 Å². The van der Waals surface area contributed by atoms with Crippen molar-refractivity contribution < 1.29 is 4.79 Å². The third-order valence-electron chi connectivity index (χ3n) is 2.60. The highest BCUT2D eigenvalue weighted by Crippen LogP contribution is 2.26. The average Bonchev–Trinajstić information content (AvgIpc) is 2.36. The van der Waals surface area contributed by atoms with Gasteiger partial charge in [0.1, 0.15) is 0 Å². The van der Waals surface area contributed by atoms with Crippen molar-refractivity contribution in [2.45, 2.75) is 6.04 Å². The Kier molecular flexibility index (Phi) is 4.55. The van der Waals surface area contributed by atoms with Gasteiger partial charge in [0.15, 0.2) is 0 Å². The zero-order chi connectivity index (χ0) is 13.0. The highest BCUT2D eigenvalue weighted by atomic mass is 79.9. The molecule has 0 aliphatic carbocycles. The van der Waals surface area contributed by atoms with Crippen LogP contribution in [-0.2, 0) is 4.79 Å². The molecule has 0 atom stereocenters. The van der Waals surface area contributed by atoms with E-state index in [2.05, 4.69) is 37.2 Å². The first kappa shape index (κ1) is 13.3. The summed E-state index contributed by atoms with van der Waals surface area (Å²) in [4.78, 5) is 10.8. The average molecular weight is 369 g/mol. The van der Waals surface area contributed by atoms with Gasteiger partial charge in [0.05, 0.1) is 6.04 Å². The van der Waals surface area contributed by atoms with Crippen LogP contribution in [0, 0.1) is 0 Å². The number of nitrogens with one attached hydrogen (secondary N) is 1. The SMILES string of the molecule is O=CNC(c1cccc(Br)c1)c1cccc(Br)c1. The summed E-state index contributed by atoms with van der Waals surface area (Å²) in [5.41, 5.74) is 2.07. The van der Waals surface area contributed by atoms with Crippen molar-refractivity contribution in [2.24, 2.45) is 0 Å². The Labute approximate surface area is 123 Å². The topological polar surface area (TPSA) is 29.1 Å². The molecule has 18 heavy (non-hydrogen) atoms. The molecule has 0 bridgehead atoms. The highest BCUT2D eigenvalue weighted by Gasteiger charge is 2.13. The number of halogens is 2. The predicted octanol–water partition coefficient (Wildman–Crippen LogP) is 4.05. The fourth-order valence-corrected chi connectivity index (χ4v) is 2.66. The summed E-state index contributed by atoms with van der Waals surface area (Å²) in [6.45, 7) is 0. The maximum atomic E-state index is 10.8. The molecule has 0 saturated carbocycles. The molecule has 0 heterocycles. The molecule has 0 aromatic heterocycles. The Morgan fingerprint density at radius 1 is 0.944 bits per heavy atom. The van der Waals surface area contributed by atoms with E-state index in [1.54, 1.807) is 0 Å². The molecule has 4 heteroatoms. The molecule has 0 aliphatic heterocycles. The van der Waals surface area contributed by atoms with Crippen LogP contribution in [0.2, 0.25) is 0 Å². The van der Waals surface area contributed by atoms with E-state index in [1.807, 2.05) is 48.5 Å². The molecular weight excluding hydrogens is 358 g/mol. The summed E-state index contributed by atoms with van der Waals surface area (Å²) in [5, 5.41) is 2.85. The van der Waals surface area contributed by atoms with Gasteiger partial charge in [0.25, 0.3) is 0 Å². The molecule has 0 aliphatic rings. The van der Waals surface area contributed by atoms with Crippen LogP contribution in [0.15, 0.2) is 57.5 Å². The molecule has 0 radical (unpaired) electrons. The standard InChI is InChI=1S/C14H11Br2NO/c15-12-5-1-3-10(7-12)14(17-9-18)11-4-2-6-13(16)8-11/h1-9,14H,(H,17,18). The van der Waals surface area contributed by atoms with E-state index < -0.39 is 0 Å². The third kappa shape index (κ3) is 3.21. The molecule has 0 saturated heterocycles. The maximum Gasteiger partial charge on any atom is 0.207 e. The van der Waals surface area contributed by atoms with Crippen molar-refractivity contribution in [3.63, 3.8) is 0 Å². The van der Waals surface area contributed by atoms with E-state index in [1.165, 1.54) is 0 Å². The van der Waals surface area contributed by atoms with Crippen LogP contribution in [0.1, 0.15) is 17.2 Å². The van der Waals surface area contributed by atoms with E-state index in [-0.39, 0.29) is 6.04 Å². The summed E-state index contributed by atoms with van der Waals surface area (Å²) in [6, 6.07) is 15.7. The van der Waals surface area contributed by atoms with Crippen molar-refractivity contribution in [1.82, 2.24) is 5.32 Å². The van der Waals surface area contributed by atoms with E-state index in [4.69, 9.17) is 0 Å². The Balaban J connectivity index is 2.42. The number of amides is 1. The summed E-state index contributed by atoms with van der Waals surface area (Å²) in [6.07, 6.45) is 0.729. The zero-order valence-electron chi connectivity index (χ0n) is 9.44. The van der Waals surface area contributed by atoms with E-state index >= 15 is 0 Å². The smallest absolute Gasteiger partial charge is 0.207 e. The Bertz CT molecular complexity index is 511. The van der Waals surface area contributed by atoms with Gasteiger partial charge in [-0.25, -0.2) is 0 Å². The minimum atomic E-state index is -0.141. The van der Waals surface area contributed by atoms with Crippen molar-refractivity contribution in [2.75, 3.05) is 0 Å². The van der Waals surface area contributed by atoms with Crippen LogP contribution < -0.4 is 5.32 Å². The van der Waals surface area contributed by atoms with Gasteiger partial charge < -0.3 is 5.32 Å². The quantitative estimate of drug-likeness (QED) is 0.810. The van der Waals surface area contributed by atoms with E-state index in [9.17, 15) is 4.79 Å². The van der Waals surface area contributed by atoms with Crippen LogP contribution in [0.5, 0.6) is 0 Å². The zero-order valence-corrected chi connectivity index (χ0v) is 12.6. The Morgan fingerprint density at radius 2 is 1.44 bits per heavy atom. The lowest BCUT2D eigenvalue weighted by Crippen LogP contribution is -2.20. The lowest BCUT2D eigenvalue weighted by atomic mass is 9.99. The molecular formula is C14H11Br2NO. The van der Waals surface area contributed by atoms with Gasteiger partial charge >= 0.3 is 0 Å². The number of hydrogen-bond donors (Lipinski definition) is 1. The van der Waals surface area contributed by atoms with Gasteiger partial charge in [0.2, 0.25) is 6.41 Å².